The molecule has 59 heavy (non-hydrogen) atoms. The largest absolute Gasteiger partial charge is 0.462 e. The highest BCUT2D eigenvalue weighted by Crippen LogP contribution is 2.12. The van der Waals surface area contributed by atoms with Gasteiger partial charge in [-0.2, -0.15) is 0 Å². The van der Waals surface area contributed by atoms with E-state index in [1.54, 1.807) is 0 Å². The second-order valence-corrected chi connectivity index (χ2v) is 15.3. The standard InChI is InChI=1S/C53H86O6/c1-4-7-10-13-16-19-22-25-27-29-31-34-37-40-43-46-52(55)58-49-50(48-57-51(54)45-42-39-36-33-30-24-21-18-15-12-9-6-3)59-53(56)47-44-41-38-35-32-28-26-23-20-17-14-11-8-5-2/h7,9-10,12-13,16,18-19,21-22,25,27-28,30,32-33,50H,4-6,8,11,14-15,17,20,23-24,26,29,31,34-49H2,1-3H3/b10-7-,12-9-,16-13-,21-18-,22-19-,27-25-,32-28-,33-30-. The van der Waals surface area contributed by atoms with E-state index in [-0.39, 0.29) is 31.1 Å². The molecule has 334 valence electrons. The lowest BCUT2D eigenvalue weighted by Gasteiger charge is -2.18. The van der Waals surface area contributed by atoms with Crippen molar-refractivity contribution in [2.24, 2.45) is 0 Å². The van der Waals surface area contributed by atoms with Crippen molar-refractivity contribution >= 4 is 17.9 Å². The Bertz CT molecular complexity index is 1220. The Hall–Kier alpha value is -3.67. The SMILES string of the molecule is CC\C=C/C=C\C=C/C=C\CCCCCCCC(=O)OCC(COC(=O)CCCC/C=C\C/C=C\C/C=C\CC)OC(=O)CCCCC/C=C\CCCCCCCCC. The molecule has 0 aromatic carbocycles. The highest BCUT2D eigenvalue weighted by molar-refractivity contribution is 5.71. The molecule has 0 spiro atoms. The molecule has 0 aromatic rings. The number of hydrogen-bond donors (Lipinski definition) is 0. The van der Waals surface area contributed by atoms with Crippen molar-refractivity contribution in [2.75, 3.05) is 13.2 Å². The average molecular weight is 819 g/mol. The summed E-state index contributed by atoms with van der Waals surface area (Å²) in [6.07, 6.45) is 61.1. The third-order valence-corrected chi connectivity index (χ3v) is 9.65. The van der Waals surface area contributed by atoms with Crippen LogP contribution in [0.4, 0.5) is 0 Å². The lowest BCUT2D eigenvalue weighted by molar-refractivity contribution is -0.167. The highest BCUT2D eigenvalue weighted by Gasteiger charge is 2.19. The van der Waals surface area contributed by atoms with E-state index in [9.17, 15) is 14.4 Å². The molecule has 0 aliphatic carbocycles. The second-order valence-electron chi connectivity index (χ2n) is 15.3. The average Bonchev–Trinajstić information content (AvgIpc) is 3.23. The van der Waals surface area contributed by atoms with Gasteiger partial charge >= 0.3 is 17.9 Å². The molecule has 0 amide bonds. The summed E-state index contributed by atoms with van der Waals surface area (Å²) in [6.45, 7) is 6.29. The van der Waals surface area contributed by atoms with Gasteiger partial charge in [0.05, 0.1) is 0 Å². The summed E-state index contributed by atoms with van der Waals surface area (Å²) in [6, 6.07) is 0. The Morgan fingerprint density at radius 1 is 0.373 bits per heavy atom. The second kappa shape index (κ2) is 47.0. The van der Waals surface area contributed by atoms with E-state index in [0.29, 0.717) is 19.3 Å². The maximum atomic E-state index is 12.7. The van der Waals surface area contributed by atoms with Crippen LogP contribution in [0.5, 0.6) is 0 Å². The third-order valence-electron chi connectivity index (χ3n) is 9.65. The van der Waals surface area contributed by atoms with Crippen molar-refractivity contribution in [3.8, 4) is 0 Å². The van der Waals surface area contributed by atoms with Gasteiger partial charge in [0.1, 0.15) is 13.2 Å². The predicted molar refractivity (Wildman–Crippen MR) is 251 cm³/mol. The summed E-state index contributed by atoms with van der Waals surface area (Å²) in [5, 5.41) is 0. The summed E-state index contributed by atoms with van der Waals surface area (Å²) < 4.78 is 16.7. The molecule has 0 bridgehead atoms. The minimum absolute atomic E-state index is 0.110. The Morgan fingerprint density at radius 3 is 1.31 bits per heavy atom. The number of rotatable bonds is 41. The molecule has 6 nitrogen and oxygen atoms in total. The van der Waals surface area contributed by atoms with Crippen molar-refractivity contribution in [2.45, 2.75) is 207 Å². The van der Waals surface area contributed by atoms with Crippen molar-refractivity contribution in [1.82, 2.24) is 0 Å². The molecule has 0 aliphatic heterocycles. The minimum Gasteiger partial charge on any atom is -0.462 e. The molecular weight excluding hydrogens is 733 g/mol. The molecule has 0 aliphatic rings. The zero-order chi connectivity index (χ0) is 43.0. The van der Waals surface area contributed by atoms with Crippen LogP contribution in [0.3, 0.4) is 0 Å². The van der Waals surface area contributed by atoms with Crippen LogP contribution in [0.1, 0.15) is 201 Å². The van der Waals surface area contributed by atoms with E-state index in [0.717, 1.165) is 116 Å². The molecule has 0 saturated carbocycles. The molecular formula is C53H86O6. The number of ether oxygens (including phenoxy) is 3. The lowest BCUT2D eigenvalue weighted by Crippen LogP contribution is -2.30. The molecule has 1 atom stereocenters. The quantitative estimate of drug-likeness (QED) is 0.0201. The summed E-state index contributed by atoms with van der Waals surface area (Å²) in [4.78, 5) is 37.8. The van der Waals surface area contributed by atoms with Crippen molar-refractivity contribution in [1.29, 1.82) is 0 Å². The number of esters is 3. The van der Waals surface area contributed by atoms with Gasteiger partial charge in [-0.25, -0.2) is 0 Å². The number of hydrogen-bond acceptors (Lipinski definition) is 6. The molecule has 0 rings (SSSR count). The zero-order valence-corrected chi connectivity index (χ0v) is 38.0. The van der Waals surface area contributed by atoms with Gasteiger partial charge in [-0.15, -0.1) is 0 Å². The Labute approximate surface area is 362 Å². The fraction of sp³-hybridized carbons (Fsp3) is 0.642. The molecule has 0 fully saturated rings. The van der Waals surface area contributed by atoms with Crippen molar-refractivity contribution in [3.05, 3.63) is 97.2 Å². The van der Waals surface area contributed by atoms with E-state index in [1.807, 2.05) is 24.3 Å². The lowest BCUT2D eigenvalue weighted by atomic mass is 10.1. The van der Waals surface area contributed by atoms with Gasteiger partial charge in [0, 0.05) is 19.3 Å². The zero-order valence-electron chi connectivity index (χ0n) is 38.0. The van der Waals surface area contributed by atoms with E-state index in [2.05, 4.69) is 93.7 Å². The van der Waals surface area contributed by atoms with E-state index >= 15 is 0 Å². The van der Waals surface area contributed by atoms with Crippen LogP contribution in [0.15, 0.2) is 97.2 Å². The van der Waals surface area contributed by atoms with Gasteiger partial charge in [0.25, 0.3) is 0 Å². The molecule has 0 heterocycles. The summed E-state index contributed by atoms with van der Waals surface area (Å²) in [5.41, 5.74) is 0. The van der Waals surface area contributed by atoms with Crippen LogP contribution in [-0.2, 0) is 28.6 Å². The van der Waals surface area contributed by atoms with Crippen LogP contribution >= 0.6 is 0 Å². The monoisotopic (exact) mass is 819 g/mol. The summed E-state index contributed by atoms with van der Waals surface area (Å²) >= 11 is 0. The maximum absolute atomic E-state index is 12.7. The molecule has 0 N–H and O–H groups in total. The highest BCUT2D eigenvalue weighted by atomic mass is 16.6. The van der Waals surface area contributed by atoms with Gasteiger partial charge in [-0.3, -0.25) is 14.4 Å². The van der Waals surface area contributed by atoms with Gasteiger partial charge < -0.3 is 14.2 Å². The van der Waals surface area contributed by atoms with Gasteiger partial charge in [0.15, 0.2) is 6.10 Å². The molecule has 0 radical (unpaired) electrons. The van der Waals surface area contributed by atoms with E-state index in [4.69, 9.17) is 14.2 Å². The predicted octanol–water partition coefficient (Wildman–Crippen LogP) is 15.4. The van der Waals surface area contributed by atoms with Gasteiger partial charge in [-0.1, -0.05) is 182 Å². The first-order chi connectivity index (χ1) is 29.0. The van der Waals surface area contributed by atoms with E-state index in [1.165, 1.54) is 44.9 Å². The normalized spacial score (nSPS) is 12.9. The third kappa shape index (κ3) is 45.3. The molecule has 0 aromatic heterocycles. The van der Waals surface area contributed by atoms with Crippen molar-refractivity contribution < 1.29 is 28.6 Å². The fourth-order valence-corrected chi connectivity index (χ4v) is 6.11. The smallest absolute Gasteiger partial charge is 0.306 e. The first kappa shape index (κ1) is 55.3. The van der Waals surface area contributed by atoms with Gasteiger partial charge in [-0.05, 0) is 96.3 Å². The van der Waals surface area contributed by atoms with Crippen LogP contribution in [0, 0.1) is 0 Å². The van der Waals surface area contributed by atoms with Crippen LogP contribution in [0.25, 0.3) is 0 Å². The first-order valence-corrected chi connectivity index (χ1v) is 23.8. The number of allylic oxidation sites excluding steroid dienone is 16. The number of unbranched alkanes of at least 4 members (excludes halogenated alkanes) is 17. The summed E-state index contributed by atoms with van der Waals surface area (Å²) in [7, 11) is 0. The molecule has 1 unspecified atom stereocenters. The molecule has 6 heteroatoms. The Balaban J connectivity index is 4.51. The van der Waals surface area contributed by atoms with Crippen molar-refractivity contribution in [3.63, 3.8) is 0 Å². The minimum atomic E-state index is -0.810. The Kier molecular flexibility index (Phi) is 44.1. The fourth-order valence-electron chi connectivity index (χ4n) is 6.11. The van der Waals surface area contributed by atoms with Crippen LogP contribution in [0.2, 0.25) is 0 Å². The topological polar surface area (TPSA) is 78.9 Å². The number of carbonyl (C=O) groups is 3. The summed E-state index contributed by atoms with van der Waals surface area (Å²) in [5.74, 6) is -0.995. The van der Waals surface area contributed by atoms with Crippen LogP contribution in [-0.4, -0.2) is 37.2 Å². The molecule has 0 saturated heterocycles. The number of carbonyl (C=O) groups excluding carboxylic acids is 3. The van der Waals surface area contributed by atoms with Gasteiger partial charge in [0.2, 0.25) is 0 Å². The maximum Gasteiger partial charge on any atom is 0.306 e. The first-order valence-electron chi connectivity index (χ1n) is 23.8. The Morgan fingerprint density at radius 2 is 0.746 bits per heavy atom. The van der Waals surface area contributed by atoms with Crippen LogP contribution < -0.4 is 0 Å². The van der Waals surface area contributed by atoms with E-state index < -0.39 is 6.10 Å².